The average molecular weight is 541 g/mol. The highest BCUT2D eigenvalue weighted by Gasteiger charge is 2.49. The monoisotopic (exact) mass is 540 g/mol. The summed E-state index contributed by atoms with van der Waals surface area (Å²) < 4.78 is 6.64. The van der Waals surface area contributed by atoms with Crippen LogP contribution >= 0.6 is 11.3 Å². The summed E-state index contributed by atoms with van der Waals surface area (Å²) in [6, 6.07) is 15.7. The molecule has 39 heavy (non-hydrogen) atoms. The number of Topliss-reactive ketones (excluding diaryl/α,β-unsaturated/α-hetero) is 1. The van der Waals surface area contributed by atoms with Crippen molar-refractivity contribution in [1.82, 2.24) is 9.97 Å². The molecule has 0 spiro atoms. The summed E-state index contributed by atoms with van der Waals surface area (Å²) in [5, 5.41) is 11.9. The van der Waals surface area contributed by atoms with Crippen molar-refractivity contribution in [2.24, 2.45) is 0 Å². The summed E-state index contributed by atoms with van der Waals surface area (Å²) in [6.07, 6.45) is 1.61. The first-order valence-corrected chi connectivity index (χ1v) is 13.6. The predicted molar refractivity (Wildman–Crippen MR) is 153 cm³/mol. The van der Waals surface area contributed by atoms with Gasteiger partial charge in [-0.1, -0.05) is 44.2 Å². The number of benzene rings is 2. The number of aromatic nitrogens is 2. The van der Waals surface area contributed by atoms with Crippen LogP contribution < -0.4 is 14.5 Å². The van der Waals surface area contributed by atoms with Crippen LogP contribution in [0.2, 0.25) is 0 Å². The Kier molecular flexibility index (Phi) is 5.91. The maximum absolute atomic E-state index is 13.6. The summed E-state index contributed by atoms with van der Waals surface area (Å²) in [7, 11) is 1.94. The van der Waals surface area contributed by atoms with Gasteiger partial charge in [-0.25, -0.2) is 4.98 Å². The van der Waals surface area contributed by atoms with Crippen LogP contribution in [0.5, 0.6) is 5.75 Å². The second-order valence-corrected chi connectivity index (χ2v) is 11.8. The largest absolute Gasteiger partial charge is 0.507 e. The number of fused-ring (bicyclic) bond motifs is 2. The van der Waals surface area contributed by atoms with E-state index in [9.17, 15) is 14.7 Å². The third-order valence-corrected chi connectivity index (χ3v) is 8.21. The lowest BCUT2D eigenvalue weighted by atomic mass is 9.87. The topological polar surface area (TPSA) is 95.9 Å². The molecule has 2 aromatic carbocycles. The van der Waals surface area contributed by atoms with Crippen molar-refractivity contribution in [1.29, 1.82) is 0 Å². The van der Waals surface area contributed by atoms with Gasteiger partial charge >= 0.3 is 5.91 Å². The van der Waals surface area contributed by atoms with Gasteiger partial charge in [-0.3, -0.25) is 19.5 Å². The lowest BCUT2D eigenvalue weighted by Gasteiger charge is -2.28. The van der Waals surface area contributed by atoms with Crippen LogP contribution in [0.1, 0.15) is 43.6 Å². The van der Waals surface area contributed by atoms with E-state index in [2.05, 4.69) is 31.8 Å². The van der Waals surface area contributed by atoms with Gasteiger partial charge < -0.3 is 14.7 Å². The lowest BCUT2D eigenvalue weighted by Crippen LogP contribution is -2.29. The SMILES string of the molecule is CN1CCOc2ccc(/C(O)=C3\C(=O)C(=O)N(c4nc5ccc(C(C)(C)C)cc5s4)C3c3ccccn3)cc21. The number of pyridine rings is 1. The Balaban J connectivity index is 1.51. The molecule has 1 unspecified atom stereocenters. The van der Waals surface area contributed by atoms with Crippen LogP contribution in [0.4, 0.5) is 10.8 Å². The minimum absolute atomic E-state index is 0.0207. The highest BCUT2D eigenvalue weighted by Crippen LogP contribution is 2.45. The van der Waals surface area contributed by atoms with E-state index in [1.165, 1.54) is 16.2 Å². The molecule has 0 aliphatic carbocycles. The molecule has 0 saturated carbocycles. The number of carbonyl (C=O) groups excluding carboxylic acids is 2. The smallest absolute Gasteiger partial charge is 0.301 e. The van der Waals surface area contributed by atoms with Crippen molar-refractivity contribution < 1.29 is 19.4 Å². The Morgan fingerprint density at radius 2 is 1.92 bits per heavy atom. The molecule has 4 aromatic rings. The molecule has 2 aliphatic rings. The minimum atomic E-state index is -0.932. The van der Waals surface area contributed by atoms with E-state index >= 15 is 0 Å². The summed E-state index contributed by atoms with van der Waals surface area (Å²) in [5.74, 6) is -1.09. The average Bonchev–Trinajstić information content (AvgIpc) is 3.46. The van der Waals surface area contributed by atoms with Gasteiger partial charge in [0.2, 0.25) is 0 Å². The highest BCUT2D eigenvalue weighted by atomic mass is 32.1. The number of likely N-dealkylation sites (N-methyl/N-ethyl adjacent to an activating group) is 1. The predicted octanol–water partition coefficient (Wildman–Crippen LogP) is 5.44. The van der Waals surface area contributed by atoms with Crippen LogP contribution in [-0.4, -0.2) is 47.0 Å². The Morgan fingerprint density at radius 3 is 2.67 bits per heavy atom. The Morgan fingerprint density at radius 1 is 1.10 bits per heavy atom. The van der Waals surface area contributed by atoms with E-state index in [0.29, 0.717) is 35.3 Å². The Hall–Kier alpha value is -4.24. The normalized spacial score (nSPS) is 18.9. The molecule has 1 amide bonds. The maximum Gasteiger partial charge on any atom is 0.301 e. The number of anilines is 2. The molecule has 9 heteroatoms. The number of hydrogen-bond donors (Lipinski definition) is 1. The standard InChI is InChI=1S/C30H28N4O4S/c1-30(2,3)18-9-10-19-23(16-18)39-29(32-19)34-25(20-7-5-6-12-31-20)24(27(36)28(34)37)26(35)17-8-11-22-21(15-17)33(4)13-14-38-22/h5-12,15-16,25,35H,13-14H2,1-4H3/b26-24+. The van der Waals surface area contributed by atoms with Crippen LogP contribution in [0.3, 0.4) is 0 Å². The van der Waals surface area contributed by atoms with Gasteiger partial charge in [-0.2, -0.15) is 0 Å². The van der Waals surface area contributed by atoms with E-state index in [1.54, 1.807) is 42.6 Å². The molecule has 8 nitrogen and oxygen atoms in total. The quantitative estimate of drug-likeness (QED) is 0.210. The summed E-state index contributed by atoms with van der Waals surface area (Å²) in [6.45, 7) is 7.68. The zero-order chi connectivity index (χ0) is 27.5. The van der Waals surface area contributed by atoms with Gasteiger partial charge in [0.05, 0.1) is 33.7 Å². The number of amides is 1. The fourth-order valence-corrected chi connectivity index (χ4v) is 6.01. The number of carbonyl (C=O) groups is 2. The summed E-state index contributed by atoms with van der Waals surface area (Å²) >= 11 is 1.34. The zero-order valence-corrected chi connectivity index (χ0v) is 23.0. The minimum Gasteiger partial charge on any atom is -0.507 e. The molecule has 2 aromatic heterocycles. The maximum atomic E-state index is 13.6. The lowest BCUT2D eigenvalue weighted by molar-refractivity contribution is -0.132. The first-order valence-electron chi connectivity index (χ1n) is 12.7. The number of aliphatic hydroxyl groups excluding tert-OH is 1. The van der Waals surface area contributed by atoms with Gasteiger partial charge in [0.25, 0.3) is 5.78 Å². The molecule has 6 rings (SSSR count). The van der Waals surface area contributed by atoms with E-state index in [4.69, 9.17) is 9.72 Å². The van der Waals surface area contributed by atoms with Gasteiger partial charge in [0.15, 0.2) is 5.13 Å². The third-order valence-electron chi connectivity index (χ3n) is 7.19. The van der Waals surface area contributed by atoms with E-state index in [0.717, 1.165) is 21.5 Å². The van der Waals surface area contributed by atoms with Crippen molar-refractivity contribution in [3.8, 4) is 5.75 Å². The van der Waals surface area contributed by atoms with Crippen molar-refractivity contribution in [2.45, 2.75) is 32.2 Å². The molecule has 1 fully saturated rings. The van der Waals surface area contributed by atoms with Crippen LogP contribution in [0.25, 0.3) is 16.0 Å². The van der Waals surface area contributed by atoms with Crippen molar-refractivity contribution >= 4 is 49.8 Å². The molecule has 0 bridgehead atoms. The van der Waals surface area contributed by atoms with Crippen molar-refractivity contribution in [2.75, 3.05) is 30.0 Å². The van der Waals surface area contributed by atoms with Crippen LogP contribution in [0.15, 0.2) is 66.4 Å². The highest BCUT2D eigenvalue weighted by molar-refractivity contribution is 7.22. The zero-order valence-electron chi connectivity index (χ0n) is 22.1. The molecular formula is C30H28N4O4S. The van der Waals surface area contributed by atoms with Gasteiger partial charge in [0.1, 0.15) is 24.2 Å². The number of ketones is 1. The molecule has 1 saturated heterocycles. The number of aliphatic hydroxyl groups is 1. The number of thiazole rings is 1. The fourth-order valence-electron chi connectivity index (χ4n) is 4.98. The van der Waals surface area contributed by atoms with E-state index in [1.807, 2.05) is 24.1 Å². The van der Waals surface area contributed by atoms with Crippen LogP contribution in [0, 0.1) is 0 Å². The molecule has 4 heterocycles. The van der Waals surface area contributed by atoms with Gasteiger partial charge in [-0.15, -0.1) is 0 Å². The second kappa shape index (κ2) is 9.20. The first kappa shape index (κ1) is 25.1. The number of ether oxygens (including phenoxy) is 1. The van der Waals surface area contributed by atoms with Crippen molar-refractivity contribution in [3.05, 3.63) is 83.2 Å². The molecule has 198 valence electrons. The fraction of sp³-hybridized carbons (Fsp3) is 0.267. The summed E-state index contributed by atoms with van der Waals surface area (Å²) in [4.78, 5) is 39.7. The van der Waals surface area contributed by atoms with E-state index < -0.39 is 17.7 Å². The molecule has 2 aliphatic heterocycles. The number of hydrogen-bond acceptors (Lipinski definition) is 8. The number of rotatable bonds is 3. The molecule has 0 radical (unpaired) electrons. The second-order valence-electron chi connectivity index (χ2n) is 10.8. The molecule has 1 N–H and O–H groups in total. The van der Waals surface area contributed by atoms with Gasteiger partial charge in [-0.05, 0) is 53.4 Å². The van der Waals surface area contributed by atoms with Crippen molar-refractivity contribution in [3.63, 3.8) is 0 Å². The van der Waals surface area contributed by atoms with E-state index in [-0.39, 0.29) is 16.7 Å². The Bertz CT molecular complexity index is 1650. The third kappa shape index (κ3) is 4.23. The van der Waals surface area contributed by atoms with Gasteiger partial charge in [0, 0.05) is 18.8 Å². The first-order chi connectivity index (χ1) is 18.6. The Labute approximate surface area is 230 Å². The number of nitrogens with zero attached hydrogens (tertiary/aromatic N) is 4. The molecular weight excluding hydrogens is 512 g/mol. The summed E-state index contributed by atoms with van der Waals surface area (Å²) in [5.41, 5.74) is 3.50. The molecule has 1 atom stereocenters. The van der Waals surface area contributed by atoms with Crippen LogP contribution in [-0.2, 0) is 15.0 Å².